The third kappa shape index (κ3) is 4.06. The van der Waals surface area contributed by atoms with Gasteiger partial charge in [0.15, 0.2) is 0 Å². The molecule has 0 aliphatic heterocycles. The lowest BCUT2D eigenvalue weighted by atomic mass is 10.2. The lowest BCUT2D eigenvalue weighted by molar-refractivity contribution is -0.140. The van der Waals surface area contributed by atoms with Crippen LogP contribution < -0.4 is 4.31 Å². The average molecular weight is 285 g/mol. The fraction of sp³-hybridized carbons (Fsp3) is 0.333. The van der Waals surface area contributed by atoms with Crippen LogP contribution in [0.5, 0.6) is 0 Å². The van der Waals surface area contributed by atoms with Crippen molar-refractivity contribution >= 4 is 28.6 Å². The van der Waals surface area contributed by atoms with Crippen molar-refractivity contribution in [2.45, 2.75) is 6.42 Å². The Balaban J connectivity index is 2.82. The number of esters is 1. The zero-order valence-electron chi connectivity index (χ0n) is 10.7. The molecule has 1 atom stereocenters. The molecular weight excluding hydrogens is 270 g/mol. The molecule has 19 heavy (non-hydrogen) atoms. The van der Waals surface area contributed by atoms with Gasteiger partial charge in [0.1, 0.15) is 11.0 Å². The predicted octanol–water partition coefficient (Wildman–Crippen LogP) is 1.05. The highest BCUT2D eigenvalue weighted by Crippen LogP contribution is 2.20. The monoisotopic (exact) mass is 285 g/mol. The van der Waals surface area contributed by atoms with E-state index in [0.29, 0.717) is 5.69 Å². The largest absolute Gasteiger partial charge is 0.478 e. The normalized spacial score (nSPS) is 11.7. The van der Waals surface area contributed by atoms with Crippen molar-refractivity contribution < 1.29 is 23.6 Å². The summed E-state index contributed by atoms with van der Waals surface area (Å²) in [6, 6.07) is 6.26. The summed E-state index contributed by atoms with van der Waals surface area (Å²) >= 11 is 0. The van der Waals surface area contributed by atoms with Gasteiger partial charge >= 0.3 is 11.9 Å². The summed E-state index contributed by atoms with van der Waals surface area (Å²) < 4.78 is 17.8. The summed E-state index contributed by atoms with van der Waals surface area (Å²) in [6.45, 7) is 0. The topological polar surface area (TPSA) is 83.9 Å². The number of carboxylic acid groups (broad SMARTS) is 1. The van der Waals surface area contributed by atoms with Crippen LogP contribution in [-0.4, -0.2) is 41.2 Å². The van der Waals surface area contributed by atoms with E-state index in [4.69, 9.17) is 5.11 Å². The third-order valence-corrected chi connectivity index (χ3v) is 3.85. The van der Waals surface area contributed by atoms with Crippen molar-refractivity contribution in [2.24, 2.45) is 0 Å². The fourth-order valence-corrected chi connectivity index (χ4v) is 2.44. The van der Waals surface area contributed by atoms with Crippen molar-refractivity contribution in [3.05, 3.63) is 29.8 Å². The van der Waals surface area contributed by atoms with Crippen molar-refractivity contribution in [3.63, 3.8) is 0 Å². The van der Waals surface area contributed by atoms with Crippen LogP contribution >= 0.6 is 0 Å². The number of aromatic carboxylic acids is 1. The summed E-state index contributed by atoms with van der Waals surface area (Å²) in [5.74, 6) is -1.46. The van der Waals surface area contributed by atoms with Gasteiger partial charge in [-0.25, -0.2) is 9.00 Å². The second-order valence-corrected chi connectivity index (χ2v) is 5.27. The van der Waals surface area contributed by atoms with Gasteiger partial charge in [0.25, 0.3) is 0 Å². The Hall–Kier alpha value is -1.89. The lowest BCUT2D eigenvalue weighted by Gasteiger charge is -2.19. The number of anilines is 1. The molecule has 0 spiro atoms. The standard InChI is InChI=1S/C12H15NO5S/c1-13(19(17)8-7-11(14)18-2)10-6-4-3-5-9(10)12(15)16/h3-6H,7-8H2,1-2H3,(H,15,16). The van der Waals surface area contributed by atoms with Crippen molar-refractivity contribution in [3.8, 4) is 0 Å². The van der Waals surface area contributed by atoms with Crippen LogP contribution in [0.4, 0.5) is 5.69 Å². The number of nitrogens with zero attached hydrogens (tertiary/aromatic N) is 1. The molecule has 1 rings (SSSR count). The molecule has 0 radical (unpaired) electrons. The summed E-state index contributed by atoms with van der Waals surface area (Å²) in [6.07, 6.45) is 0.0166. The minimum atomic E-state index is -1.50. The predicted molar refractivity (Wildman–Crippen MR) is 71.4 cm³/mol. The van der Waals surface area contributed by atoms with Crippen LogP contribution in [0.25, 0.3) is 0 Å². The molecule has 7 heteroatoms. The molecular formula is C12H15NO5S. The molecule has 0 saturated carbocycles. The molecule has 0 aliphatic carbocycles. The number of carbonyl (C=O) groups is 2. The van der Waals surface area contributed by atoms with Crippen molar-refractivity contribution in [2.75, 3.05) is 24.2 Å². The zero-order valence-corrected chi connectivity index (χ0v) is 11.5. The Morgan fingerprint density at radius 2 is 2.00 bits per heavy atom. The Morgan fingerprint density at radius 3 is 2.58 bits per heavy atom. The first kappa shape index (κ1) is 15.2. The number of hydrogen-bond donors (Lipinski definition) is 1. The van der Waals surface area contributed by atoms with E-state index >= 15 is 0 Å². The Bertz CT molecular complexity index is 503. The van der Waals surface area contributed by atoms with Gasteiger partial charge in [-0.1, -0.05) is 12.1 Å². The van der Waals surface area contributed by atoms with Crippen molar-refractivity contribution in [1.82, 2.24) is 0 Å². The number of methoxy groups -OCH3 is 1. The van der Waals surface area contributed by atoms with Crippen LogP contribution in [-0.2, 0) is 20.5 Å². The van der Waals surface area contributed by atoms with Gasteiger partial charge in [-0.15, -0.1) is 0 Å². The minimum Gasteiger partial charge on any atom is -0.478 e. The minimum absolute atomic E-state index is 0.0166. The molecule has 1 unspecified atom stereocenters. The van der Waals surface area contributed by atoms with E-state index in [1.54, 1.807) is 18.2 Å². The van der Waals surface area contributed by atoms with E-state index in [0.717, 1.165) is 0 Å². The summed E-state index contributed by atoms with van der Waals surface area (Å²) in [5.41, 5.74) is 0.412. The van der Waals surface area contributed by atoms with Gasteiger partial charge in [-0.05, 0) is 12.1 Å². The molecule has 1 aromatic rings. The van der Waals surface area contributed by atoms with Gasteiger partial charge in [-0.3, -0.25) is 9.10 Å². The maximum Gasteiger partial charge on any atom is 0.337 e. The number of para-hydroxylation sites is 1. The van der Waals surface area contributed by atoms with Gasteiger partial charge in [0, 0.05) is 7.05 Å². The highest BCUT2D eigenvalue weighted by Gasteiger charge is 2.17. The van der Waals surface area contributed by atoms with E-state index < -0.39 is 22.9 Å². The van der Waals surface area contributed by atoms with Gasteiger partial charge < -0.3 is 9.84 Å². The molecule has 6 nitrogen and oxygen atoms in total. The summed E-state index contributed by atoms with van der Waals surface area (Å²) in [4.78, 5) is 22.0. The van der Waals surface area contributed by atoms with Crippen LogP contribution in [0, 0.1) is 0 Å². The Kier molecular flexibility index (Phi) is 5.50. The molecule has 0 amide bonds. The molecule has 1 N–H and O–H groups in total. The lowest BCUT2D eigenvalue weighted by Crippen LogP contribution is -2.25. The first-order chi connectivity index (χ1) is 8.97. The summed E-state index contributed by atoms with van der Waals surface area (Å²) in [5, 5.41) is 9.05. The quantitative estimate of drug-likeness (QED) is 0.790. The molecule has 0 fully saturated rings. The highest BCUT2D eigenvalue weighted by molar-refractivity contribution is 7.86. The van der Waals surface area contributed by atoms with Gasteiger partial charge in [-0.2, -0.15) is 0 Å². The fourth-order valence-electron chi connectivity index (χ4n) is 1.45. The maximum absolute atomic E-state index is 12.0. The van der Waals surface area contributed by atoms with E-state index in [1.807, 2.05) is 0 Å². The first-order valence-electron chi connectivity index (χ1n) is 5.48. The van der Waals surface area contributed by atoms with Gasteiger partial charge in [0.05, 0.1) is 30.5 Å². The number of hydrogen-bond acceptors (Lipinski definition) is 4. The van der Waals surface area contributed by atoms with Crippen LogP contribution in [0.3, 0.4) is 0 Å². The van der Waals surface area contributed by atoms with Gasteiger partial charge in [0.2, 0.25) is 0 Å². The number of carbonyl (C=O) groups excluding carboxylic acids is 1. The van der Waals surface area contributed by atoms with E-state index in [-0.39, 0.29) is 17.7 Å². The average Bonchev–Trinajstić information content (AvgIpc) is 2.43. The van der Waals surface area contributed by atoms with Crippen LogP contribution in [0.1, 0.15) is 16.8 Å². The summed E-state index contributed by atoms with van der Waals surface area (Å²) in [7, 11) is 1.29. The molecule has 0 heterocycles. The van der Waals surface area contributed by atoms with Crippen LogP contribution in [0.15, 0.2) is 24.3 Å². The number of carboxylic acids is 1. The maximum atomic E-state index is 12.0. The molecule has 0 aromatic heterocycles. The van der Waals surface area contributed by atoms with E-state index in [1.165, 1.54) is 24.5 Å². The smallest absolute Gasteiger partial charge is 0.337 e. The number of rotatable bonds is 6. The SMILES string of the molecule is COC(=O)CCS(=O)N(C)c1ccccc1C(=O)O. The molecule has 104 valence electrons. The Morgan fingerprint density at radius 1 is 1.37 bits per heavy atom. The number of benzene rings is 1. The molecule has 1 aromatic carbocycles. The zero-order chi connectivity index (χ0) is 14.4. The van der Waals surface area contributed by atoms with Crippen LogP contribution in [0.2, 0.25) is 0 Å². The van der Waals surface area contributed by atoms with E-state index in [2.05, 4.69) is 4.74 Å². The second kappa shape index (κ2) is 6.89. The van der Waals surface area contributed by atoms with Crippen molar-refractivity contribution in [1.29, 1.82) is 0 Å². The molecule has 0 aliphatic rings. The highest BCUT2D eigenvalue weighted by atomic mass is 32.2. The third-order valence-electron chi connectivity index (χ3n) is 2.49. The molecule has 0 bridgehead atoms. The molecule has 0 saturated heterocycles. The Labute approximate surface area is 113 Å². The van der Waals surface area contributed by atoms with E-state index in [9.17, 15) is 13.8 Å². The first-order valence-corrected chi connectivity index (χ1v) is 6.76. The number of ether oxygens (including phenoxy) is 1. The second-order valence-electron chi connectivity index (χ2n) is 3.67.